The second-order valence-electron chi connectivity index (χ2n) is 8.74. The third-order valence-electron chi connectivity index (χ3n) is 6.50. The lowest BCUT2D eigenvalue weighted by molar-refractivity contribution is -0.0000464. The molecule has 1 aromatic carbocycles. The number of rotatable bonds is 8. The Morgan fingerprint density at radius 2 is 1.90 bits per heavy atom. The second kappa shape index (κ2) is 10.6. The maximum atomic E-state index is 9.94. The van der Waals surface area contributed by atoms with Gasteiger partial charge in [-0.1, -0.05) is 6.07 Å². The average molecular weight is 406 g/mol. The highest BCUT2D eigenvalue weighted by Crippen LogP contribution is 2.29. The van der Waals surface area contributed by atoms with Gasteiger partial charge >= 0.3 is 0 Å². The Morgan fingerprint density at radius 3 is 2.55 bits per heavy atom. The van der Waals surface area contributed by atoms with Crippen molar-refractivity contribution in [1.29, 1.82) is 0 Å². The maximum Gasteiger partial charge on any atom is 0.161 e. The monoisotopic (exact) mass is 405 g/mol. The van der Waals surface area contributed by atoms with E-state index in [2.05, 4.69) is 28.5 Å². The summed E-state index contributed by atoms with van der Waals surface area (Å²) in [7, 11) is 0. The van der Waals surface area contributed by atoms with Gasteiger partial charge in [-0.25, -0.2) is 0 Å². The van der Waals surface area contributed by atoms with Gasteiger partial charge in [0.05, 0.1) is 6.61 Å². The van der Waals surface area contributed by atoms with Crippen molar-refractivity contribution in [2.24, 2.45) is 0 Å². The van der Waals surface area contributed by atoms with Gasteiger partial charge in [-0.15, -0.1) is 0 Å². The molecule has 164 valence electrons. The van der Waals surface area contributed by atoms with Crippen molar-refractivity contribution in [3.63, 3.8) is 0 Å². The number of aliphatic hydroxyl groups is 1. The number of aliphatic hydroxyl groups excluding tert-OH is 1. The third-order valence-corrected chi connectivity index (χ3v) is 6.50. The van der Waals surface area contributed by atoms with Crippen LogP contribution in [0, 0.1) is 0 Å². The van der Waals surface area contributed by atoms with Gasteiger partial charge in [-0.2, -0.15) is 0 Å². The molecule has 0 aliphatic carbocycles. The molecule has 0 aromatic heterocycles. The third kappa shape index (κ3) is 5.85. The summed E-state index contributed by atoms with van der Waals surface area (Å²) in [5.41, 5.74) is 1.16. The van der Waals surface area contributed by atoms with Crippen LogP contribution in [0.3, 0.4) is 0 Å². The van der Waals surface area contributed by atoms with Crippen molar-refractivity contribution < 1.29 is 14.9 Å². The zero-order chi connectivity index (χ0) is 20.8. The number of ether oxygens (including phenoxy) is 1. The molecule has 6 nitrogen and oxygen atoms in total. The lowest BCUT2D eigenvalue weighted by Crippen LogP contribution is -2.58. The van der Waals surface area contributed by atoms with E-state index in [1.165, 1.54) is 25.9 Å². The molecule has 1 aromatic rings. The fraction of sp³-hybridized carbons (Fsp3) is 0.739. The number of nitrogens with zero attached hydrogens (tertiary/aromatic N) is 3. The molecule has 0 spiro atoms. The standard InChI is InChI=1S/C23H39N3O3/c1-4-29-23-15-19(5-6-22(23)28)16-24-12-13-26(21(17-24)9-14-27)20-7-10-25(11-8-20)18(2)3/h5-6,15,18,20-21,27-28H,4,7-14,16-17H2,1-3H3. The lowest BCUT2D eigenvalue weighted by atomic mass is 9.97. The van der Waals surface area contributed by atoms with Gasteiger partial charge in [-0.3, -0.25) is 9.80 Å². The molecule has 6 heteroatoms. The van der Waals surface area contributed by atoms with Gasteiger partial charge in [0.2, 0.25) is 0 Å². The molecular formula is C23H39N3O3. The van der Waals surface area contributed by atoms with Crippen LogP contribution in [0.5, 0.6) is 11.5 Å². The van der Waals surface area contributed by atoms with Gasteiger partial charge in [0.15, 0.2) is 11.5 Å². The first-order valence-electron chi connectivity index (χ1n) is 11.3. The van der Waals surface area contributed by atoms with Crippen LogP contribution < -0.4 is 4.74 Å². The predicted octanol–water partition coefficient (Wildman–Crippen LogP) is 2.53. The number of phenols is 1. The molecule has 1 unspecified atom stereocenters. The largest absolute Gasteiger partial charge is 0.504 e. The van der Waals surface area contributed by atoms with Crippen LogP contribution in [0.4, 0.5) is 0 Å². The molecular weight excluding hydrogens is 366 g/mol. The molecule has 29 heavy (non-hydrogen) atoms. The predicted molar refractivity (Wildman–Crippen MR) is 116 cm³/mol. The number of likely N-dealkylation sites (tertiary alicyclic amines) is 1. The normalized spacial score (nSPS) is 23.0. The van der Waals surface area contributed by atoms with E-state index in [0.717, 1.165) is 38.2 Å². The summed E-state index contributed by atoms with van der Waals surface area (Å²) >= 11 is 0. The van der Waals surface area contributed by atoms with Crippen molar-refractivity contribution >= 4 is 0 Å². The van der Waals surface area contributed by atoms with Crippen molar-refractivity contribution in [2.75, 3.05) is 45.9 Å². The average Bonchev–Trinajstić information content (AvgIpc) is 2.71. The van der Waals surface area contributed by atoms with E-state index in [1.54, 1.807) is 6.07 Å². The molecule has 1 atom stereocenters. The first-order chi connectivity index (χ1) is 14.0. The number of phenolic OH excluding ortho intramolecular Hbond substituents is 1. The Kier molecular flexibility index (Phi) is 8.18. The number of hydrogen-bond donors (Lipinski definition) is 2. The number of piperidine rings is 1. The van der Waals surface area contributed by atoms with Crippen molar-refractivity contribution in [3.05, 3.63) is 23.8 Å². The van der Waals surface area contributed by atoms with Crippen LogP contribution in [0.15, 0.2) is 18.2 Å². The van der Waals surface area contributed by atoms with E-state index in [9.17, 15) is 10.2 Å². The van der Waals surface area contributed by atoms with Crippen LogP contribution in [0.25, 0.3) is 0 Å². The summed E-state index contributed by atoms with van der Waals surface area (Å²) in [4.78, 5) is 7.73. The van der Waals surface area contributed by atoms with Crippen molar-refractivity contribution in [1.82, 2.24) is 14.7 Å². The molecule has 2 saturated heterocycles. The summed E-state index contributed by atoms with van der Waals surface area (Å²) in [5, 5.41) is 19.6. The minimum absolute atomic E-state index is 0.200. The zero-order valence-electron chi connectivity index (χ0n) is 18.4. The van der Waals surface area contributed by atoms with E-state index in [4.69, 9.17) is 4.74 Å². The quantitative estimate of drug-likeness (QED) is 0.693. The van der Waals surface area contributed by atoms with Crippen molar-refractivity contribution in [3.8, 4) is 11.5 Å². The van der Waals surface area contributed by atoms with Gasteiger partial charge in [0, 0.05) is 50.9 Å². The highest BCUT2D eigenvalue weighted by Gasteiger charge is 2.33. The fourth-order valence-corrected chi connectivity index (χ4v) is 4.88. The number of piperazine rings is 1. The lowest BCUT2D eigenvalue weighted by Gasteiger charge is -2.48. The molecule has 0 amide bonds. The molecule has 2 N–H and O–H groups in total. The summed E-state index contributed by atoms with van der Waals surface area (Å²) < 4.78 is 5.53. The van der Waals surface area contributed by atoms with Crippen LogP contribution in [-0.4, -0.2) is 89.0 Å². The van der Waals surface area contributed by atoms with Crippen LogP contribution >= 0.6 is 0 Å². The highest BCUT2D eigenvalue weighted by atomic mass is 16.5. The molecule has 2 aliphatic heterocycles. The number of hydrogen-bond acceptors (Lipinski definition) is 6. The molecule has 0 bridgehead atoms. The van der Waals surface area contributed by atoms with E-state index < -0.39 is 0 Å². The van der Waals surface area contributed by atoms with Crippen LogP contribution in [-0.2, 0) is 6.54 Å². The molecule has 2 heterocycles. The summed E-state index contributed by atoms with van der Waals surface area (Å²) in [6, 6.07) is 7.34. The van der Waals surface area contributed by atoms with E-state index in [1.807, 2.05) is 19.1 Å². The Balaban J connectivity index is 1.59. The highest BCUT2D eigenvalue weighted by molar-refractivity contribution is 5.41. The Bertz CT molecular complexity index is 632. The second-order valence-corrected chi connectivity index (χ2v) is 8.74. The van der Waals surface area contributed by atoms with E-state index >= 15 is 0 Å². The molecule has 2 aliphatic rings. The summed E-state index contributed by atoms with van der Waals surface area (Å²) in [6.07, 6.45) is 3.30. The Morgan fingerprint density at radius 1 is 1.14 bits per heavy atom. The minimum Gasteiger partial charge on any atom is -0.504 e. The fourth-order valence-electron chi connectivity index (χ4n) is 4.88. The SMILES string of the molecule is CCOc1cc(CN2CCN(C3CCN(C(C)C)CC3)C(CCO)C2)ccc1O. The zero-order valence-corrected chi connectivity index (χ0v) is 18.4. The summed E-state index contributed by atoms with van der Waals surface area (Å²) in [6.45, 7) is 13.6. The first kappa shape index (κ1) is 22.3. The van der Waals surface area contributed by atoms with Gasteiger partial charge in [-0.05, 0) is 70.8 Å². The van der Waals surface area contributed by atoms with Gasteiger partial charge in [0.1, 0.15) is 0 Å². The molecule has 0 saturated carbocycles. The number of benzene rings is 1. The van der Waals surface area contributed by atoms with Crippen molar-refractivity contribution in [2.45, 2.75) is 64.7 Å². The number of aromatic hydroxyl groups is 1. The molecule has 3 rings (SSSR count). The minimum atomic E-state index is 0.200. The molecule has 2 fully saturated rings. The van der Waals surface area contributed by atoms with Gasteiger partial charge in [0.25, 0.3) is 0 Å². The topological polar surface area (TPSA) is 59.4 Å². The Hall–Kier alpha value is -1.34. The summed E-state index contributed by atoms with van der Waals surface area (Å²) in [5.74, 6) is 0.763. The van der Waals surface area contributed by atoms with E-state index in [0.29, 0.717) is 30.5 Å². The van der Waals surface area contributed by atoms with E-state index in [-0.39, 0.29) is 12.4 Å². The van der Waals surface area contributed by atoms with Crippen LogP contribution in [0.2, 0.25) is 0 Å². The Labute approximate surface area is 176 Å². The molecule has 0 radical (unpaired) electrons. The maximum absolute atomic E-state index is 9.94. The smallest absolute Gasteiger partial charge is 0.161 e. The van der Waals surface area contributed by atoms with Gasteiger partial charge < -0.3 is 19.8 Å². The van der Waals surface area contributed by atoms with Crippen LogP contribution in [0.1, 0.15) is 45.6 Å². The first-order valence-corrected chi connectivity index (χ1v) is 11.3.